The molecular weight excluding hydrogens is 498 g/mol. The van der Waals surface area contributed by atoms with Crippen molar-refractivity contribution in [2.75, 3.05) is 46.5 Å². The summed E-state index contributed by atoms with van der Waals surface area (Å²) in [5.41, 5.74) is 4.48. The van der Waals surface area contributed by atoms with E-state index in [4.69, 9.17) is 21.1 Å². The minimum Gasteiger partial charge on any atom is -0.497 e. The number of rotatable bonds is 10. The smallest absolute Gasteiger partial charge is 0.220 e. The predicted molar refractivity (Wildman–Crippen MR) is 152 cm³/mol. The van der Waals surface area contributed by atoms with Gasteiger partial charge < -0.3 is 19.4 Å². The molecule has 1 aliphatic heterocycles. The number of nitrogens with one attached hydrogen (secondary N) is 1. The second-order valence-corrected chi connectivity index (χ2v) is 10.1. The standard InChI is InChI=1S/C31H34ClN3O3/c1-37-26-11-9-23(10-12-26)21-35-22-29(27-7-2-3-8-30(27)35)28(24-5-4-6-25(32)19-24)20-31(36)33-13-14-34-15-17-38-18-16-34/h2-12,19,22,28H,13-18,20-21H2,1H3,(H,33,36)/t28-/m0/s1. The lowest BCUT2D eigenvalue weighted by Gasteiger charge is -2.26. The van der Waals surface area contributed by atoms with Gasteiger partial charge in [0.2, 0.25) is 5.91 Å². The van der Waals surface area contributed by atoms with Gasteiger partial charge in [-0.15, -0.1) is 0 Å². The molecule has 0 aliphatic carbocycles. The maximum absolute atomic E-state index is 13.2. The normalized spacial score (nSPS) is 14.9. The summed E-state index contributed by atoms with van der Waals surface area (Å²) in [6, 6.07) is 24.4. The molecule has 3 aromatic carbocycles. The molecule has 1 aromatic heterocycles. The first kappa shape index (κ1) is 26.3. The molecule has 0 unspecified atom stereocenters. The number of para-hydroxylation sites is 1. The summed E-state index contributed by atoms with van der Waals surface area (Å²) in [5.74, 6) is 0.752. The number of aromatic nitrogens is 1. The van der Waals surface area contributed by atoms with Crippen LogP contribution in [0.1, 0.15) is 29.0 Å². The van der Waals surface area contributed by atoms with Gasteiger partial charge in [0.05, 0.1) is 20.3 Å². The Bertz CT molecular complexity index is 1360. The molecule has 1 fully saturated rings. The highest BCUT2D eigenvalue weighted by Gasteiger charge is 2.23. The number of hydrogen-bond acceptors (Lipinski definition) is 4. The maximum Gasteiger partial charge on any atom is 0.220 e. The fourth-order valence-electron chi connectivity index (χ4n) is 5.18. The molecule has 0 spiro atoms. The molecule has 4 aromatic rings. The van der Waals surface area contributed by atoms with Crippen molar-refractivity contribution in [1.29, 1.82) is 0 Å². The van der Waals surface area contributed by atoms with Gasteiger partial charge in [-0.05, 0) is 47.0 Å². The topological polar surface area (TPSA) is 55.7 Å². The Kier molecular flexibility index (Phi) is 8.64. The Morgan fingerprint density at radius 2 is 1.84 bits per heavy atom. The number of morpholine rings is 1. The number of ether oxygens (including phenoxy) is 2. The molecule has 0 saturated carbocycles. The molecule has 0 radical (unpaired) electrons. The summed E-state index contributed by atoms with van der Waals surface area (Å²) >= 11 is 6.41. The van der Waals surface area contributed by atoms with E-state index >= 15 is 0 Å². The molecule has 38 heavy (non-hydrogen) atoms. The highest BCUT2D eigenvalue weighted by molar-refractivity contribution is 6.30. The van der Waals surface area contributed by atoms with Crippen LogP contribution in [0, 0.1) is 0 Å². The summed E-state index contributed by atoms with van der Waals surface area (Å²) in [6.45, 7) is 5.51. The van der Waals surface area contributed by atoms with Gasteiger partial charge in [0.25, 0.3) is 0 Å². The van der Waals surface area contributed by atoms with E-state index < -0.39 is 0 Å². The lowest BCUT2D eigenvalue weighted by Crippen LogP contribution is -2.41. The van der Waals surface area contributed by atoms with Crippen molar-refractivity contribution in [3.05, 3.63) is 101 Å². The number of hydrogen-bond donors (Lipinski definition) is 1. The molecule has 2 heterocycles. The van der Waals surface area contributed by atoms with Crippen LogP contribution < -0.4 is 10.1 Å². The van der Waals surface area contributed by atoms with E-state index in [0.29, 0.717) is 18.0 Å². The second-order valence-electron chi connectivity index (χ2n) is 9.69. The van der Waals surface area contributed by atoms with Crippen LogP contribution in [0.3, 0.4) is 0 Å². The first-order valence-electron chi connectivity index (χ1n) is 13.1. The van der Waals surface area contributed by atoms with E-state index in [1.807, 2.05) is 30.3 Å². The molecule has 1 amide bonds. The molecule has 6 nitrogen and oxygen atoms in total. The summed E-state index contributed by atoms with van der Waals surface area (Å²) in [4.78, 5) is 15.5. The van der Waals surface area contributed by atoms with Gasteiger partial charge in [0.1, 0.15) is 5.75 Å². The molecule has 5 rings (SSSR count). The predicted octanol–water partition coefficient (Wildman–Crippen LogP) is 5.32. The van der Waals surface area contributed by atoms with Crippen molar-refractivity contribution in [2.45, 2.75) is 18.9 Å². The lowest BCUT2D eigenvalue weighted by atomic mass is 9.88. The van der Waals surface area contributed by atoms with Crippen LogP contribution in [0.25, 0.3) is 10.9 Å². The van der Waals surface area contributed by atoms with Crippen molar-refractivity contribution < 1.29 is 14.3 Å². The van der Waals surface area contributed by atoms with E-state index in [-0.39, 0.29) is 11.8 Å². The Balaban J connectivity index is 1.41. The van der Waals surface area contributed by atoms with E-state index in [9.17, 15) is 4.79 Å². The number of carbonyl (C=O) groups excluding carboxylic acids is 1. The Labute approximate surface area is 229 Å². The quantitative estimate of drug-likeness (QED) is 0.301. The number of fused-ring (bicyclic) bond motifs is 1. The van der Waals surface area contributed by atoms with Crippen molar-refractivity contribution >= 4 is 28.4 Å². The Hall–Kier alpha value is -3.32. The zero-order valence-electron chi connectivity index (χ0n) is 21.7. The lowest BCUT2D eigenvalue weighted by molar-refractivity contribution is -0.121. The molecular formula is C31H34ClN3O3. The van der Waals surface area contributed by atoms with Crippen molar-refractivity contribution in [3.63, 3.8) is 0 Å². The van der Waals surface area contributed by atoms with Gasteiger partial charge in [0, 0.05) is 67.2 Å². The number of carbonyl (C=O) groups is 1. The zero-order chi connectivity index (χ0) is 26.3. The highest BCUT2D eigenvalue weighted by atomic mass is 35.5. The summed E-state index contributed by atoms with van der Waals surface area (Å²) in [7, 11) is 1.68. The number of methoxy groups -OCH3 is 1. The van der Waals surface area contributed by atoms with Gasteiger partial charge in [-0.3, -0.25) is 9.69 Å². The average Bonchev–Trinajstić information content (AvgIpc) is 3.30. The number of halogens is 1. The van der Waals surface area contributed by atoms with Crippen LogP contribution in [-0.4, -0.2) is 61.9 Å². The third kappa shape index (κ3) is 6.38. The monoisotopic (exact) mass is 531 g/mol. The van der Waals surface area contributed by atoms with Crippen LogP contribution in [0.15, 0.2) is 79.0 Å². The Morgan fingerprint density at radius 3 is 2.61 bits per heavy atom. The van der Waals surface area contributed by atoms with Gasteiger partial charge in [-0.1, -0.05) is 54.1 Å². The fraction of sp³-hybridized carbons (Fsp3) is 0.323. The van der Waals surface area contributed by atoms with E-state index in [0.717, 1.165) is 67.2 Å². The van der Waals surface area contributed by atoms with Gasteiger partial charge in [-0.25, -0.2) is 0 Å². The number of amides is 1. The SMILES string of the molecule is COc1ccc(Cn2cc([C@@H](CC(=O)NCCN3CCOCC3)c3cccc(Cl)c3)c3ccccc32)cc1. The van der Waals surface area contributed by atoms with Crippen molar-refractivity contribution in [1.82, 2.24) is 14.8 Å². The largest absolute Gasteiger partial charge is 0.497 e. The fourth-order valence-corrected chi connectivity index (χ4v) is 5.38. The summed E-state index contributed by atoms with van der Waals surface area (Å²) < 4.78 is 13.0. The second kappa shape index (κ2) is 12.5. The molecule has 1 N–H and O–H groups in total. The number of nitrogens with zero attached hydrogens (tertiary/aromatic N) is 2. The average molecular weight is 532 g/mol. The van der Waals surface area contributed by atoms with E-state index in [1.165, 1.54) is 5.56 Å². The van der Waals surface area contributed by atoms with Crippen LogP contribution in [-0.2, 0) is 16.1 Å². The first-order chi connectivity index (χ1) is 18.6. The minimum atomic E-state index is -0.126. The third-order valence-electron chi connectivity index (χ3n) is 7.20. The Morgan fingerprint density at radius 1 is 1.05 bits per heavy atom. The molecule has 1 saturated heterocycles. The van der Waals surface area contributed by atoms with Gasteiger partial charge in [0.15, 0.2) is 0 Å². The van der Waals surface area contributed by atoms with E-state index in [2.05, 4.69) is 63.4 Å². The van der Waals surface area contributed by atoms with E-state index in [1.54, 1.807) is 7.11 Å². The van der Waals surface area contributed by atoms with Crippen LogP contribution in [0.5, 0.6) is 5.75 Å². The third-order valence-corrected chi connectivity index (χ3v) is 7.44. The molecule has 1 aliphatic rings. The molecule has 198 valence electrons. The molecule has 7 heteroatoms. The molecule has 0 bridgehead atoms. The van der Waals surface area contributed by atoms with Crippen molar-refractivity contribution in [3.8, 4) is 5.75 Å². The van der Waals surface area contributed by atoms with Crippen LogP contribution in [0.2, 0.25) is 5.02 Å². The number of benzene rings is 3. The van der Waals surface area contributed by atoms with Crippen LogP contribution >= 0.6 is 11.6 Å². The summed E-state index contributed by atoms with van der Waals surface area (Å²) in [5, 5.41) is 4.96. The maximum atomic E-state index is 13.2. The van der Waals surface area contributed by atoms with Gasteiger partial charge >= 0.3 is 0 Å². The van der Waals surface area contributed by atoms with Crippen LogP contribution in [0.4, 0.5) is 0 Å². The molecule has 1 atom stereocenters. The minimum absolute atomic E-state index is 0.0372. The summed E-state index contributed by atoms with van der Waals surface area (Å²) in [6.07, 6.45) is 2.54. The van der Waals surface area contributed by atoms with Gasteiger partial charge in [-0.2, -0.15) is 0 Å². The first-order valence-corrected chi connectivity index (χ1v) is 13.5. The highest BCUT2D eigenvalue weighted by Crippen LogP contribution is 2.36. The zero-order valence-corrected chi connectivity index (χ0v) is 22.5. The van der Waals surface area contributed by atoms with Crippen molar-refractivity contribution in [2.24, 2.45) is 0 Å².